The Morgan fingerprint density at radius 3 is 2.55 bits per heavy atom. The molecule has 0 aliphatic carbocycles. The van der Waals surface area contributed by atoms with E-state index < -0.39 is 15.9 Å². The molecule has 1 aromatic heterocycles. The zero-order valence-electron chi connectivity index (χ0n) is 16.0. The van der Waals surface area contributed by atoms with Crippen LogP contribution in [-0.2, 0) is 10.0 Å². The molecule has 0 aliphatic heterocycles. The van der Waals surface area contributed by atoms with Crippen molar-refractivity contribution in [2.45, 2.75) is 24.7 Å². The van der Waals surface area contributed by atoms with Gasteiger partial charge in [0.15, 0.2) is 5.82 Å². The van der Waals surface area contributed by atoms with Gasteiger partial charge in [0.05, 0.1) is 21.2 Å². The van der Waals surface area contributed by atoms with E-state index in [-0.39, 0.29) is 21.4 Å². The summed E-state index contributed by atoms with van der Waals surface area (Å²) in [6.07, 6.45) is 0. The second kappa shape index (κ2) is 8.32. The number of H-pyrrole nitrogens is 1. The smallest absolute Gasteiger partial charge is 0.257 e. The Kier molecular flexibility index (Phi) is 6.02. The number of sulfonamides is 1. The zero-order valence-corrected chi connectivity index (χ0v) is 17.6. The van der Waals surface area contributed by atoms with Gasteiger partial charge in [0, 0.05) is 11.5 Å². The van der Waals surface area contributed by atoms with Crippen molar-refractivity contribution < 1.29 is 13.2 Å². The number of anilines is 1. The first-order chi connectivity index (χ1) is 13.7. The maximum Gasteiger partial charge on any atom is 0.257 e. The number of rotatable bonds is 6. The highest BCUT2D eigenvalue weighted by molar-refractivity contribution is 7.89. The maximum absolute atomic E-state index is 12.8. The number of carbonyl (C=O) groups excluding carboxylic acids is 1. The van der Waals surface area contributed by atoms with Crippen LogP contribution in [-0.4, -0.2) is 36.6 Å². The molecule has 0 saturated carbocycles. The van der Waals surface area contributed by atoms with E-state index >= 15 is 0 Å². The lowest BCUT2D eigenvalue weighted by atomic mass is 10.1. The third-order valence-corrected chi connectivity index (χ3v) is 5.97. The van der Waals surface area contributed by atoms with Crippen molar-refractivity contribution in [1.29, 1.82) is 0 Å². The Labute approximate surface area is 173 Å². The number of aromatic amines is 1. The second-order valence-corrected chi connectivity index (χ2v) is 8.84. The van der Waals surface area contributed by atoms with Gasteiger partial charge in [-0.2, -0.15) is 5.10 Å². The van der Waals surface area contributed by atoms with E-state index in [1.165, 1.54) is 25.2 Å². The van der Waals surface area contributed by atoms with Crippen LogP contribution in [0.25, 0.3) is 11.4 Å². The summed E-state index contributed by atoms with van der Waals surface area (Å²) in [5, 5.41) is 10.0. The molecule has 29 heavy (non-hydrogen) atoms. The van der Waals surface area contributed by atoms with E-state index in [0.29, 0.717) is 17.1 Å². The molecule has 0 radical (unpaired) electrons. The molecule has 3 rings (SSSR count). The number of para-hydroxylation sites is 1. The normalized spacial score (nSPS) is 11.6. The van der Waals surface area contributed by atoms with Gasteiger partial charge in [-0.15, -0.1) is 0 Å². The van der Waals surface area contributed by atoms with E-state index in [4.69, 9.17) is 11.6 Å². The van der Waals surface area contributed by atoms with Gasteiger partial charge in [-0.1, -0.05) is 37.6 Å². The topological polar surface area (TPSA) is 117 Å². The molecule has 0 fully saturated rings. The summed E-state index contributed by atoms with van der Waals surface area (Å²) in [7, 11) is -2.42. The predicted molar refractivity (Wildman–Crippen MR) is 112 cm³/mol. The third-order valence-electron chi connectivity index (χ3n) is 4.23. The number of carbonyl (C=O) groups is 1. The van der Waals surface area contributed by atoms with E-state index in [0.717, 1.165) is 5.82 Å². The number of amides is 1. The van der Waals surface area contributed by atoms with Crippen LogP contribution < -0.4 is 10.0 Å². The van der Waals surface area contributed by atoms with Crippen molar-refractivity contribution in [2.24, 2.45) is 0 Å². The van der Waals surface area contributed by atoms with E-state index in [1.807, 2.05) is 19.9 Å². The first kappa shape index (κ1) is 21.0. The Hall–Kier alpha value is -2.75. The van der Waals surface area contributed by atoms with Crippen LogP contribution in [0.4, 0.5) is 5.69 Å². The highest BCUT2D eigenvalue weighted by Gasteiger charge is 2.19. The summed E-state index contributed by atoms with van der Waals surface area (Å²) < 4.78 is 26.3. The monoisotopic (exact) mass is 433 g/mol. The van der Waals surface area contributed by atoms with Crippen LogP contribution in [0, 0.1) is 0 Å². The molecular formula is C19H20ClN5O3S. The van der Waals surface area contributed by atoms with Crippen LogP contribution in [0.5, 0.6) is 0 Å². The molecule has 2 aromatic carbocycles. The van der Waals surface area contributed by atoms with Crippen molar-refractivity contribution >= 4 is 33.2 Å². The molecule has 0 atom stereocenters. The standard InChI is InChI=1S/C19H20ClN5O3S/c1-11(2)17-23-18(25-24-17)13-6-4-5-7-16(13)22-19(26)14-10-12(8-9-15(14)20)29(27,28)21-3/h4-11,21H,1-3H3,(H,22,26)(H,23,24,25). The minimum absolute atomic E-state index is 0.0376. The molecule has 8 nitrogen and oxygen atoms in total. The van der Waals surface area contributed by atoms with Crippen molar-refractivity contribution in [1.82, 2.24) is 19.9 Å². The Balaban J connectivity index is 1.95. The number of aromatic nitrogens is 3. The summed E-state index contributed by atoms with van der Waals surface area (Å²) in [6, 6.07) is 11.0. The van der Waals surface area contributed by atoms with Crippen molar-refractivity contribution in [2.75, 3.05) is 12.4 Å². The lowest BCUT2D eigenvalue weighted by Crippen LogP contribution is -2.20. The van der Waals surface area contributed by atoms with E-state index in [1.54, 1.807) is 18.2 Å². The minimum atomic E-state index is -3.71. The molecule has 0 saturated heterocycles. The fourth-order valence-corrected chi connectivity index (χ4v) is 3.55. The molecule has 10 heteroatoms. The number of benzene rings is 2. The summed E-state index contributed by atoms with van der Waals surface area (Å²) in [5.41, 5.74) is 1.14. The number of hydrogen-bond acceptors (Lipinski definition) is 5. The van der Waals surface area contributed by atoms with Gasteiger partial charge in [0.2, 0.25) is 10.0 Å². The molecule has 152 valence electrons. The fourth-order valence-electron chi connectivity index (χ4n) is 2.59. The van der Waals surface area contributed by atoms with Gasteiger partial charge >= 0.3 is 0 Å². The molecular weight excluding hydrogens is 414 g/mol. The summed E-state index contributed by atoms with van der Waals surface area (Å²) >= 11 is 6.14. The van der Waals surface area contributed by atoms with Gasteiger partial charge in [-0.3, -0.25) is 9.89 Å². The molecule has 1 amide bonds. The molecule has 3 aromatic rings. The fraction of sp³-hybridized carbons (Fsp3) is 0.211. The number of hydrogen-bond donors (Lipinski definition) is 3. The molecule has 1 heterocycles. The zero-order chi connectivity index (χ0) is 21.2. The molecule has 0 unspecified atom stereocenters. The molecule has 0 bridgehead atoms. The van der Waals surface area contributed by atoms with Crippen LogP contribution in [0.2, 0.25) is 5.02 Å². The first-order valence-corrected chi connectivity index (χ1v) is 10.6. The first-order valence-electron chi connectivity index (χ1n) is 8.79. The van der Waals surface area contributed by atoms with Gasteiger partial charge in [0.1, 0.15) is 5.82 Å². The Bertz CT molecular complexity index is 1160. The Morgan fingerprint density at radius 2 is 1.90 bits per heavy atom. The van der Waals surface area contributed by atoms with Gasteiger partial charge in [-0.25, -0.2) is 18.1 Å². The Morgan fingerprint density at radius 1 is 1.17 bits per heavy atom. The minimum Gasteiger partial charge on any atom is -0.321 e. The van der Waals surface area contributed by atoms with Gasteiger partial charge in [-0.05, 0) is 37.4 Å². The van der Waals surface area contributed by atoms with Crippen LogP contribution in [0.1, 0.15) is 35.9 Å². The lowest BCUT2D eigenvalue weighted by Gasteiger charge is -2.11. The predicted octanol–water partition coefficient (Wildman–Crippen LogP) is 3.41. The largest absolute Gasteiger partial charge is 0.321 e. The number of halogens is 1. The average Bonchev–Trinajstić information content (AvgIpc) is 3.19. The lowest BCUT2D eigenvalue weighted by molar-refractivity contribution is 0.102. The summed E-state index contributed by atoms with van der Waals surface area (Å²) in [5.74, 6) is 0.806. The molecule has 0 aliphatic rings. The molecule has 3 N–H and O–H groups in total. The molecule has 0 spiro atoms. The van der Waals surface area contributed by atoms with E-state index in [2.05, 4.69) is 25.2 Å². The van der Waals surface area contributed by atoms with Crippen LogP contribution in [0.3, 0.4) is 0 Å². The number of nitrogens with zero attached hydrogens (tertiary/aromatic N) is 2. The average molecular weight is 434 g/mol. The van der Waals surface area contributed by atoms with Crippen molar-refractivity contribution in [3.05, 3.63) is 58.9 Å². The SMILES string of the molecule is CNS(=O)(=O)c1ccc(Cl)c(C(=O)Nc2ccccc2-c2n[nH]c(C(C)C)n2)c1. The van der Waals surface area contributed by atoms with E-state index in [9.17, 15) is 13.2 Å². The van der Waals surface area contributed by atoms with Gasteiger partial charge < -0.3 is 5.32 Å². The van der Waals surface area contributed by atoms with Crippen molar-refractivity contribution in [3.63, 3.8) is 0 Å². The number of nitrogens with one attached hydrogen (secondary N) is 3. The second-order valence-electron chi connectivity index (χ2n) is 6.55. The third kappa shape index (κ3) is 4.47. The van der Waals surface area contributed by atoms with Gasteiger partial charge in [0.25, 0.3) is 5.91 Å². The quantitative estimate of drug-likeness (QED) is 0.550. The summed E-state index contributed by atoms with van der Waals surface area (Å²) in [4.78, 5) is 17.2. The summed E-state index contributed by atoms with van der Waals surface area (Å²) in [6.45, 7) is 3.98. The van der Waals surface area contributed by atoms with Crippen molar-refractivity contribution in [3.8, 4) is 11.4 Å². The van der Waals surface area contributed by atoms with Crippen LogP contribution in [0.15, 0.2) is 47.4 Å². The maximum atomic E-state index is 12.8. The van der Waals surface area contributed by atoms with Crippen LogP contribution >= 0.6 is 11.6 Å². The highest BCUT2D eigenvalue weighted by atomic mass is 35.5. The highest BCUT2D eigenvalue weighted by Crippen LogP contribution is 2.28.